The summed E-state index contributed by atoms with van der Waals surface area (Å²) in [7, 11) is 0. The van der Waals surface area contributed by atoms with E-state index in [1.165, 1.54) is 0 Å². The molecule has 0 aromatic heterocycles. The van der Waals surface area contributed by atoms with Crippen LogP contribution >= 0.6 is 11.8 Å². The van der Waals surface area contributed by atoms with Gasteiger partial charge >= 0.3 is 0 Å². The van der Waals surface area contributed by atoms with Crippen LogP contribution in [0, 0.1) is 0 Å². The minimum absolute atomic E-state index is 0.0124. The second-order valence-corrected chi connectivity index (χ2v) is 5.17. The van der Waals surface area contributed by atoms with Crippen LogP contribution in [0.3, 0.4) is 0 Å². The highest BCUT2D eigenvalue weighted by Gasteiger charge is 2.19. The zero-order valence-corrected chi connectivity index (χ0v) is 11.1. The molecule has 0 fully saturated rings. The van der Waals surface area contributed by atoms with Crippen molar-refractivity contribution in [1.29, 1.82) is 0 Å². The van der Waals surface area contributed by atoms with E-state index in [1.807, 2.05) is 6.26 Å². The molecule has 0 aliphatic heterocycles. The van der Waals surface area contributed by atoms with Gasteiger partial charge in [-0.25, -0.2) is 0 Å². The van der Waals surface area contributed by atoms with E-state index >= 15 is 0 Å². The predicted molar refractivity (Wildman–Crippen MR) is 69.5 cm³/mol. The number of carbonyl (C=O) groups excluding carboxylic acids is 1. The summed E-state index contributed by atoms with van der Waals surface area (Å²) in [6.07, 6.45) is 5.29. The largest absolute Gasteiger partial charge is 0.387 e. The van der Waals surface area contributed by atoms with Crippen molar-refractivity contribution in [3.63, 3.8) is 0 Å². The molecular formula is C11H24N2O2S. The molecule has 0 aromatic carbocycles. The Morgan fingerprint density at radius 3 is 2.69 bits per heavy atom. The molecule has 0 rings (SSSR count). The molecule has 96 valence electrons. The molecule has 1 unspecified atom stereocenters. The number of nitrogens with two attached hydrogens (primary N) is 1. The van der Waals surface area contributed by atoms with E-state index < -0.39 is 5.60 Å². The van der Waals surface area contributed by atoms with Gasteiger partial charge in [-0.1, -0.05) is 6.42 Å². The highest BCUT2D eigenvalue weighted by Crippen LogP contribution is 2.09. The molecular weight excluding hydrogens is 224 g/mol. The molecule has 0 heterocycles. The molecule has 0 radical (unpaired) electrons. The van der Waals surface area contributed by atoms with Gasteiger partial charge in [-0.3, -0.25) is 4.79 Å². The van der Waals surface area contributed by atoms with Crippen LogP contribution in [0.4, 0.5) is 0 Å². The van der Waals surface area contributed by atoms with E-state index in [4.69, 9.17) is 5.73 Å². The Morgan fingerprint density at radius 1 is 1.44 bits per heavy atom. The molecule has 0 aliphatic rings. The average molecular weight is 248 g/mol. The van der Waals surface area contributed by atoms with Gasteiger partial charge in [-0.05, 0) is 32.6 Å². The smallest absolute Gasteiger partial charge is 0.220 e. The van der Waals surface area contributed by atoms with Crippen LogP contribution in [-0.2, 0) is 4.79 Å². The van der Waals surface area contributed by atoms with Gasteiger partial charge in [0.25, 0.3) is 0 Å². The van der Waals surface area contributed by atoms with Gasteiger partial charge in [0.2, 0.25) is 5.91 Å². The summed E-state index contributed by atoms with van der Waals surface area (Å²) < 4.78 is 0. The van der Waals surface area contributed by atoms with E-state index in [2.05, 4.69) is 5.32 Å². The average Bonchev–Trinajstić information content (AvgIpc) is 2.22. The maximum absolute atomic E-state index is 11.4. The maximum atomic E-state index is 11.4. The zero-order chi connectivity index (χ0) is 12.4. The molecule has 5 heteroatoms. The van der Waals surface area contributed by atoms with Gasteiger partial charge in [0.1, 0.15) is 0 Å². The fourth-order valence-electron chi connectivity index (χ4n) is 1.35. The Balaban J connectivity index is 3.56. The SMILES string of the molecule is CSCC(C)(O)CNC(=O)CCCCCN. The summed E-state index contributed by atoms with van der Waals surface area (Å²) in [6, 6.07) is 0. The monoisotopic (exact) mass is 248 g/mol. The molecule has 0 aliphatic carbocycles. The van der Waals surface area contributed by atoms with Crippen LogP contribution in [0.15, 0.2) is 0 Å². The van der Waals surface area contributed by atoms with Gasteiger partial charge in [-0.15, -0.1) is 0 Å². The van der Waals surface area contributed by atoms with Gasteiger partial charge < -0.3 is 16.2 Å². The number of hydrogen-bond donors (Lipinski definition) is 3. The fraction of sp³-hybridized carbons (Fsp3) is 0.909. The Morgan fingerprint density at radius 2 is 2.12 bits per heavy atom. The molecule has 16 heavy (non-hydrogen) atoms. The van der Waals surface area contributed by atoms with E-state index in [9.17, 15) is 9.90 Å². The summed E-state index contributed by atoms with van der Waals surface area (Å²) in [5.41, 5.74) is 4.55. The Bertz CT molecular complexity index is 198. The Labute approximate surface area is 102 Å². The van der Waals surface area contributed by atoms with Gasteiger partial charge in [0.15, 0.2) is 0 Å². The van der Waals surface area contributed by atoms with Crippen molar-refractivity contribution in [2.45, 2.75) is 38.2 Å². The molecule has 4 N–H and O–H groups in total. The summed E-state index contributed by atoms with van der Waals surface area (Å²) in [4.78, 5) is 11.4. The number of amides is 1. The van der Waals surface area contributed by atoms with Crippen molar-refractivity contribution in [3.8, 4) is 0 Å². The predicted octanol–water partition coefficient (Wildman–Crippen LogP) is 0.736. The van der Waals surface area contributed by atoms with Crippen molar-refractivity contribution in [1.82, 2.24) is 5.32 Å². The second kappa shape index (κ2) is 8.84. The van der Waals surface area contributed by atoms with E-state index in [0.29, 0.717) is 25.3 Å². The molecule has 0 saturated carbocycles. The van der Waals surface area contributed by atoms with Crippen molar-refractivity contribution < 1.29 is 9.90 Å². The van der Waals surface area contributed by atoms with Crippen LogP contribution in [0.2, 0.25) is 0 Å². The first kappa shape index (κ1) is 15.7. The maximum Gasteiger partial charge on any atom is 0.220 e. The molecule has 0 aromatic rings. The zero-order valence-electron chi connectivity index (χ0n) is 10.3. The fourth-order valence-corrected chi connectivity index (χ4v) is 2.07. The lowest BCUT2D eigenvalue weighted by atomic mass is 10.1. The molecule has 1 atom stereocenters. The van der Waals surface area contributed by atoms with Gasteiger partial charge in [0, 0.05) is 18.7 Å². The van der Waals surface area contributed by atoms with Crippen molar-refractivity contribution in [2.24, 2.45) is 5.73 Å². The van der Waals surface area contributed by atoms with Crippen molar-refractivity contribution >= 4 is 17.7 Å². The molecule has 0 spiro atoms. The number of rotatable bonds is 9. The van der Waals surface area contributed by atoms with Crippen molar-refractivity contribution in [3.05, 3.63) is 0 Å². The standard InChI is InChI=1S/C11H24N2O2S/c1-11(15,9-16-2)8-13-10(14)6-4-3-5-7-12/h15H,3-9,12H2,1-2H3,(H,13,14). The van der Waals surface area contributed by atoms with Crippen LogP contribution in [0.25, 0.3) is 0 Å². The Hall–Kier alpha value is -0.260. The summed E-state index contributed by atoms with van der Waals surface area (Å²) in [5, 5.41) is 12.6. The third-order valence-electron chi connectivity index (χ3n) is 2.23. The number of carbonyl (C=O) groups is 1. The minimum atomic E-state index is -0.813. The lowest BCUT2D eigenvalue weighted by Gasteiger charge is -2.22. The van der Waals surface area contributed by atoms with Crippen LogP contribution < -0.4 is 11.1 Å². The Kier molecular flexibility index (Phi) is 8.70. The second-order valence-electron chi connectivity index (χ2n) is 4.31. The lowest BCUT2D eigenvalue weighted by molar-refractivity contribution is -0.122. The number of unbranched alkanes of at least 4 members (excludes halogenated alkanes) is 2. The highest BCUT2D eigenvalue weighted by molar-refractivity contribution is 7.98. The molecule has 1 amide bonds. The molecule has 0 saturated heterocycles. The molecule has 0 bridgehead atoms. The van der Waals surface area contributed by atoms with Crippen molar-refractivity contribution in [2.75, 3.05) is 25.1 Å². The molecule has 4 nitrogen and oxygen atoms in total. The van der Waals surface area contributed by atoms with Crippen LogP contribution in [0.1, 0.15) is 32.6 Å². The first-order valence-electron chi connectivity index (χ1n) is 5.70. The highest BCUT2D eigenvalue weighted by atomic mass is 32.2. The van der Waals surface area contributed by atoms with Gasteiger partial charge in [-0.2, -0.15) is 11.8 Å². The number of hydrogen-bond acceptors (Lipinski definition) is 4. The number of nitrogens with one attached hydrogen (secondary N) is 1. The normalized spacial score (nSPS) is 14.5. The van der Waals surface area contributed by atoms with Crippen LogP contribution in [-0.4, -0.2) is 41.7 Å². The number of aliphatic hydroxyl groups is 1. The van der Waals surface area contributed by atoms with Crippen LogP contribution in [0.5, 0.6) is 0 Å². The van der Waals surface area contributed by atoms with E-state index in [-0.39, 0.29) is 5.91 Å². The first-order chi connectivity index (χ1) is 7.52. The minimum Gasteiger partial charge on any atom is -0.387 e. The van der Waals surface area contributed by atoms with Gasteiger partial charge in [0.05, 0.1) is 5.60 Å². The summed E-state index contributed by atoms with van der Waals surface area (Å²) in [6.45, 7) is 2.74. The lowest BCUT2D eigenvalue weighted by Crippen LogP contribution is -2.42. The van der Waals surface area contributed by atoms with E-state index in [0.717, 1.165) is 19.3 Å². The summed E-state index contributed by atoms with van der Waals surface area (Å²) >= 11 is 1.57. The third kappa shape index (κ3) is 9.00. The third-order valence-corrected chi connectivity index (χ3v) is 3.14. The van der Waals surface area contributed by atoms with E-state index in [1.54, 1.807) is 18.7 Å². The topological polar surface area (TPSA) is 75.3 Å². The first-order valence-corrected chi connectivity index (χ1v) is 7.09. The quantitative estimate of drug-likeness (QED) is 0.526. The number of thioether (sulfide) groups is 1. The summed E-state index contributed by atoms with van der Waals surface area (Å²) in [5.74, 6) is 0.638.